The summed E-state index contributed by atoms with van der Waals surface area (Å²) in [7, 11) is 0. The van der Waals surface area contributed by atoms with Gasteiger partial charge in [0, 0.05) is 38.8 Å². The van der Waals surface area contributed by atoms with Crippen molar-refractivity contribution < 1.29 is 0 Å². The summed E-state index contributed by atoms with van der Waals surface area (Å²) in [6, 6.07) is 68.0. The van der Waals surface area contributed by atoms with Crippen LogP contribution >= 0.6 is 0 Å². The van der Waals surface area contributed by atoms with Crippen molar-refractivity contribution in [3.63, 3.8) is 0 Å². The van der Waals surface area contributed by atoms with Gasteiger partial charge in [0.15, 0.2) is 0 Å². The van der Waals surface area contributed by atoms with Crippen LogP contribution < -0.4 is 9.80 Å². The van der Waals surface area contributed by atoms with Crippen LogP contribution in [0.5, 0.6) is 0 Å². The Labute approximate surface area is 351 Å². The highest BCUT2D eigenvalue weighted by Crippen LogP contribution is 2.51. The van der Waals surface area contributed by atoms with Crippen molar-refractivity contribution in [3.8, 4) is 22.3 Å². The molecule has 4 heteroatoms. The Morgan fingerprint density at radius 2 is 1.17 bits per heavy atom. The lowest BCUT2D eigenvalue weighted by atomic mass is 9.82. The number of hydrogen-bond acceptors (Lipinski definition) is 3. The number of nitrogens with zero attached hydrogens (tertiary/aromatic N) is 4. The van der Waals surface area contributed by atoms with Gasteiger partial charge in [0.25, 0.3) is 0 Å². The quantitative estimate of drug-likeness (QED) is 0.168. The van der Waals surface area contributed by atoms with Crippen molar-refractivity contribution in [1.82, 2.24) is 4.57 Å². The SMILES string of the molecule is C=C1c2ccccc2N=C(n2c3ccccc3c3cc(-c4ccc(N(c5ccccc5)c5ccc6c(c5)C(C)(C)c5ccccc5-6)cc4)ccc32)N1c1ccccc1CC. The van der Waals surface area contributed by atoms with Crippen molar-refractivity contribution in [2.24, 2.45) is 4.99 Å². The van der Waals surface area contributed by atoms with Crippen LogP contribution in [0.1, 0.15) is 43.0 Å². The van der Waals surface area contributed by atoms with Gasteiger partial charge in [-0.15, -0.1) is 0 Å². The summed E-state index contributed by atoms with van der Waals surface area (Å²) < 4.78 is 2.32. The van der Waals surface area contributed by atoms with E-state index in [1.807, 2.05) is 0 Å². The first-order valence-electron chi connectivity index (χ1n) is 20.9. The van der Waals surface area contributed by atoms with Crippen LogP contribution in [-0.4, -0.2) is 10.5 Å². The van der Waals surface area contributed by atoms with Crippen LogP contribution in [-0.2, 0) is 11.8 Å². The lowest BCUT2D eigenvalue weighted by Gasteiger charge is -2.34. The molecule has 0 unspecified atom stereocenters. The first-order chi connectivity index (χ1) is 29.4. The van der Waals surface area contributed by atoms with Gasteiger partial charge in [-0.05, 0) is 112 Å². The van der Waals surface area contributed by atoms with Gasteiger partial charge >= 0.3 is 0 Å². The molecule has 288 valence electrons. The first kappa shape index (κ1) is 35.7. The smallest absolute Gasteiger partial charge is 0.220 e. The highest BCUT2D eigenvalue weighted by Gasteiger charge is 2.36. The van der Waals surface area contributed by atoms with Crippen LogP contribution in [0.2, 0.25) is 0 Å². The molecule has 0 amide bonds. The molecule has 0 radical (unpaired) electrons. The summed E-state index contributed by atoms with van der Waals surface area (Å²) >= 11 is 0. The molecule has 0 spiro atoms. The van der Waals surface area contributed by atoms with E-state index in [2.05, 4.69) is 230 Å². The minimum absolute atomic E-state index is 0.0871. The zero-order valence-electron chi connectivity index (χ0n) is 34.1. The van der Waals surface area contributed by atoms with Crippen LogP contribution in [0.25, 0.3) is 49.8 Å². The van der Waals surface area contributed by atoms with E-state index in [0.717, 1.165) is 74.2 Å². The van der Waals surface area contributed by atoms with E-state index in [1.54, 1.807) is 0 Å². The highest BCUT2D eigenvalue weighted by atomic mass is 15.3. The average Bonchev–Trinajstić information content (AvgIpc) is 3.74. The van der Waals surface area contributed by atoms with E-state index >= 15 is 0 Å². The molecule has 60 heavy (non-hydrogen) atoms. The molecule has 0 N–H and O–H groups in total. The maximum atomic E-state index is 5.41. The number of fused-ring (bicyclic) bond motifs is 7. The maximum Gasteiger partial charge on any atom is 0.220 e. The van der Waals surface area contributed by atoms with Crippen molar-refractivity contribution in [2.75, 3.05) is 9.80 Å². The van der Waals surface area contributed by atoms with E-state index in [9.17, 15) is 0 Å². The molecule has 0 saturated carbocycles. The fourth-order valence-electron chi connectivity index (χ4n) is 9.67. The lowest BCUT2D eigenvalue weighted by Crippen LogP contribution is -2.37. The molecular formula is C56H44N4. The van der Waals surface area contributed by atoms with Gasteiger partial charge < -0.3 is 4.90 Å². The molecular weight excluding hydrogens is 729 g/mol. The molecule has 0 bridgehead atoms. The first-order valence-corrected chi connectivity index (χ1v) is 20.9. The maximum absolute atomic E-state index is 5.41. The molecule has 1 aliphatic carbocycles. The normalized spacial score (nSPS) is 13.9. The van der Waals surface area contributed by atoms with Crippen molar-refractivity contribution in [1.29, 1.82) is 0 Å². The second-order valence-corrected chi connectivity index (χ2v) is 16.4. The number of aromatic nitrogens is 1. The molecule has 8 aromatic carbocycles. The molecule has 11 rings (SSSR count). The van der Waals surface area contributed by atoms with Gasteiger partial charge in [-0.2, -0.15) is 0 Å². The monoisotopic (exact) mass is 772 g/mol. The molecule has 1 aliphatic heterocycles. The summed E-state index contributed by atoms with van der Waals surface area (Å²) in [6.45, 7) is 11.6. The number of aryl methyl sites for hydroxylation is 1. The van der Waals surface area contributed by atoms with Gasteiger partial charge in [-0.3, -0.25) is 9.47 Å². The van der Waals surface area contributed by atoms with E-state index < -0.39 is 0 Å². The van der Waals surface area contributed by atoms with Crippen LogP contribution in [0.15, 0.2) is 200 Å². The molecule has 0 atom stereocenters. The summed E-state index contributed by atoms with van der Waals surface area (Å²) in [5, 5.41) is 2.36. The average molecular weight is 773 g/mol. The standard InChI is InChI=1S/C56H44N4/c1-5-38-17-9-15-25-52(38)58-37(2)44-20-11-14-24-51(44)57-55(58)60-53-26-16-12-22-47(53)48-35-40(29-34-54(48)60)39-27-30-42(31-28-39)59(41-18-7-6-8-19-41)43-32-33-46-45-21-10-13-23-49(45)56(3,4)50(46)36-43/h6-36H,2,5H2,1,3-4H3. The van der Waals surface area contributed by atoms with Gasteiger partial charge in [-0.1, -0.05) is 149 Å². The minimum atomic E-state index is -0.0871. The fourth-order valence-corrected chi connectivity index (χ4v) is 9.67. The summed E-state index contributed by atoms with van der Waals surface area (Å²) in [5.41, 5.74) is 18.4. The number of para-hydroxylation sites is 4. The molecule has 2 aliphatic rings. The Kier molecular flexibility index (Phi) is 8.25. The minimum Gasteiger partial charge on any atom is -0.310 e. The Hall–Kier alpha value is -7.43. The fraction of sp³-hybridized carbons (Fsp3) is 0.0893. The zero-order valence-corrected chi connectivity index (χ0v) is 34.1. The number of hydrogen-bond donors (Lipinski definition) is 0. The molecule has 4 nitrogen and oxygen atoms in total. The Morgan fingerprint density at radius 3 is 2.00 bits per heavy atom. The van der Waals surface area contributed by atoms with Crippen LogP contribution in [0.3, 0.4) is 0 Å². The molecule has 1 aromatic heterocycles. The third-order valence-corrected chi connectivity index (χ3v) is 12.7. The predicted octanol–water partition coefficient (Wildman–Crippen LogP) is 14.8. The van der Waals surface area contributed by atoms with Gasteiger partial charge in [-0.25, -0.2) is 4.99 Å². The molecule has 0 saturated heterocycles. The topological polar surface area (TPSA) is 23.8 Å². The largest absolute Gasteiger partial charge is 0.310 e. The second kappa shape index (κ2) is 13.9. The number of benzene rings is 8. The molecule has 9 aromatic rings. The summed E-state index contributed by atoms with van der Waals surface area (Å²) in [6.07, 6.45) is 0.896. The lowest BCUT2D eigenvalue weighted by molar-refractivity contribution is 0.660. The van der Waals surface area contributed by atoms with Crippen LogP contribution in [0.4, 0.5) is 28.4 Å². The third kappa shape index (κ3) is 5.48. The van der Waals surface area contributed by atoms with Gasteiger partial charge in [0.05, 0.1) is 28.1 Å². The van der Waals surface area contributed by atoms with Gasteiger partial charge in [0.1, 0.15) is 0 Å². The Morgan fingerprint density at radius 1 is 0.533 bits per heavy atom. The number of aliphatic imine (C=N–C) groups is 1. The van der Waals surface area contributed by atoms with Crippen molar-refractivity contribution in [3.05, 3.63) is 217 Å². The van der Waals surface area contributed by atoms with E-state index in [1.165, 1.54) is 38.6 Å². The Balaban J connectivity index is 1.02. The van der Waals surface area contributed by atoms with E-state index in [0.29, 0.717) is 0 Å². The number of anilines is 4. The predicted molar refractivity (Wildman–Crippen MR) is 253 cm³/mol. The highest BCUT2D eigenvalue weighted by molar-refractivity contribution is 6.22. The van der Waals surface area contributed by atoms with Crippen molar-refractivity contribution in [2.45, 2.75) is 32.6 Å². The van der Waals surface area contributed by atoms with Gasteiger partial charge in [0.2, 0.25) is 5.96 Å². The molecule has 0 fully saturated rings. The Bertz CT molecular complexity index is 3190. The second-order valence-electron chi connectivity index (χ2n) is 16.4. The van der Waals surface area contributed by atoms with E-state index in [4.69, 9.17) is 4.99 Å². The molecule has 2 heterocycles. The third-order valence-electron chi connectivity index (χ3n) is 12.7. The zero-order chi connectivity index (χ0) is 40.5. The van der Waals surface area contributed by atoms with E-state index in [-0.39, 0.29) is 5.41 Å². The van der Waals surface area contributed by atoms with Crippen molar-refractivity contribution >= 4 is 61.9 Å². The summed E-state index contributed by atoms with van der Waals surface area (Å²) in [4.78, 5) is 10.0. The van der Waals surface area contributed by atoms with Crippen LogP contribution in [0, 0.1) is 0 Å². The number of rotatable bonds is 6. The summed E-state index contributed by atoms with van der Waals surface area (Å²) in [5.74, 6) is 0.822.